The van der Waals surface area contributed by atoms with Crippen molar-refractivity contribution in [1.82, 2.24) is 14.5 Å². The van der Waals surface area contributed by atoms with Gasteiger partial charge in [0.05, 0.1) is 12.7 Å². The van der Waals surface area contributed by atoms with Gasteiger partial charge in [-0.25, -0.2) is 4.98 Å². The lowest BCUT2D eigenvalue weighted by Gasteiger charge is -2.11. The molecule has 21 heavy (non-hydrogen) atoms. The van der Waals surface area contributed by atoms with Crippen molar-refractivity contribution in [2.75, 3.05) is 0 Å². The van der Waals surface area contributed by atoms with E-state index >= 15 is 0 Å². The highest BCUT2D eigenvalue weighted by molar-refractivity contribution is 9.10. The van der Waals surface area contributed by atoms with Crippen molar-refractivity contribution < 1.29 is 0 Å². The van der Waals surface area contributed by atoms with Gasteiger partial charge in [0.2, 0.25) is 0 Å². The maximum absolute atomic E-state index is 6.30. The quantitative estimate of drug-likeness (QED) is 0.675. The van der Waals surface area contributed by atoms with Crippen LogP contribution < -0.4 is 0 Å². The van der Waals surface area contributed by atoms with E-state index < -0.39 is 0 Å². The number of pyridine rings is 1. The lowest BCUT2D eigenvalue weighted by atomic mass is 10.1. The normalized spacial score (nSPS) is 10.8. The monoisotopic (exact) mass is 361 g/mol. The lowest BCUT2D eigenvalue weighted by Crippen LogP contribution is -2.03. The summed E-state index contributed by atoms with van der Waals surface area (Å²) in [5.41, 5.74) is 3.24. The van der Waals surface area contributed by atoms with E-state index in [1.807, 2.05) is 30.5 Å². The summed E-state index contributed by atoms with van der Waals surface area (Å²) in [5, 5.41) is 0.762. The minimum absolute atomic E-state index is 0.658. The molecule has 3 aromatic rings. The highest BCUT2D eigenvalue weighted by atomic mass is 79.9. The SMILES string of the molecule is Cc1ccc(Cl)c(Cn2c(Br)cnc2-c2cccnc2)c1. The molecule has 0 fully saturated rings. The summed E-state index contributed by atoms with van der Waals surface area (Å²) in [5.74, 6) is 0.868. The molecule has 0 spiro atoms. The molecule has 106 valence electrons. The van der Waals surface area contributed by atoms with E-state index in [2.05, 4.69) is 43.5 Å². The van der Waals surface area contributed by atoms with Crippen LogP contribution in [0.4, 0.5) is 0 Å². The first-order valence-corrected chi connectivity index (χ1v) is 7.68. The van der Waals surface area contributed by atoms with Gasteiger partial charge < -0.3 is 4.57 Å². The number of benzene rings is 1. The zero-order valence-electron chi connectivity index (χ0n) is 11.4. The van der Waals surface area contributed by atoms with Crippen molar-refractivity contribution >= 4 is 27.5 Å². The summed E-state index contributed by atoms with van der Waals surface area (Å²) in [6.07, 6.45) is 5.36. The Morgan fingerprint density at radius 3 is 2.86 bits per heavy atom. The van der Waals surface area contributed by atoms with E-state index in [4.69, 9.17) is 11.6 Å². The zero-order chi connectivity index (χ0) is 14.8. The molecule has 2 aromatic heterocycles. The molecule has 0 aliphatic heterocycles. The molecule has 3 rings (SSSR count). The summed E-state index contributed by atoms with van der Waals surface area (Å²) in [7, 11) is 0. The Morgan fingerprint density at radius 2 is 2.10 bits per heavy atom. The van der Waals surface area contributed by atoms with E-state index in [-0.39, 0.29) is 0 Å². The summed E-state index contributed by atoms with van der Waals surface area (Å²) in [6, 6.07) is 9.94. The number of nitrogens with zero attached hydrogens (tertiary/aromatic N) is 3. The van der Waals surface area contributed by atoms with E-state index in [9.17, 15) is 0 Å². The largest absolute Gasteiger partial charge is 0.314 e. The van der Waals surface area contributed by atoms with E-state index in [1.54, 1.807) is 12.4 Å². The third-order valence-electron chi connectivity index (χ3n) is 3.26. The van der Waals surface area contributed by atoms with Crippen molar-refractivity contribution in [3.05, 3.63) is 69.7 Å². The van der Waals surface area contributed by atoms with Gasteiger partial charge in [0.15, 0.2) is 0 Å². The second kappa shape index (κ2) is 6.00. The predicted molar refractivity (Wildman–Crippen MR) is 88.4 cm³/mol. The third kappa shape index (κ3) is 3.01. The van der Waals surface area contributed by atoms with Gasteiger partial charge >= 0.3 is 0 Å². The number of aryl methyl sites for hydroxylation is 1. The van der Waals surface area contributed by atoms with Crippen LogP contribution in [0.15, 0.2) is 53.5 Å². The molecule has 0 saturated heterocycles. The molecule has 0 bridgehead atoms. The molecular weight excluding hydrogens is 350 g/mol. The van der Waals surface area contributed by atoms with Gasteiger partial charge in [-0.2, -0.15) is 0 Å². The van der Waals surface area contributed by atoms with Gasteiger partial charge in [-0.15, -0.1) is 0 Å². The Morgan fingerprint density at radius 1 is 1.24 bits per heavy atom. The summed E-state index contributed by atoms with van der Waals surface area (Å²) in [4.78, 5) is 8.62. The standard InChI is InChI=1S/C16H13BrClN3/c1-11-4-5-14(18)13(7-11)10-21-15(17)9-20-16(21)12-3-2-6-19-8-12/h2-9H,10H2,1H3. The van der Waals surface area contributed by atoms with Crippen molar-refractivity contribution in [2.24, 2.45) is 0 Å². The average molecular weight is 363 g/mol. The Balaban J connectivity index is 2.03. The van der Waals surface area contributed by atoms with Crippen molar-refractivity contribution in [1.29, 1.82) is 0 Å². The Bertz CT molecular complexity index is 768. The number of aromatic nitrogens is 3. The van der Waals surface area contributed by atoms with Crippen LogP contribution in [0, 0.1) is 6.92 Å². The van der Waals surface area contributed by atoms with Gasteiger partial charge in [0, 0.05) is 23.0 Å². The first kappa shape index (κ1) is 14.3. The average Bonchev–Trinajstić information content (AvgIpc) is 2.85. The van der Waals surface area contributed by atoms with Gasteiger partial charge in [-0.1, -0.05) is 29.3 Å². The highest BCUT2D eigenvalue weighted by Crippen LogP contribution is 2.26. The molecule has 0 amide bonds. The molecule has 1 aromatic carbocycles. The van der Waals surface area contributed by atoms with Crippen LogP contribution in [0.2, 0.25) is 5.02 Å². The zero-order valence-corrected chi connectivity index (χ0v) is 13.8. The molecule has 0 aliphatic rings. The van der Waals surface area contributed by atoms with Crippen LogP contribution >= 0.6 is 27.5 Å². The van der Waals surface area contributed by atoms with E-state index in [0.717, 1.165) is 26.6 Å². The topological polar surface area (TPSA) is 30.7 Å². The first-order chi connectivity index (χ1) is 10.1. The fourth-order valence-corrected chi connectivity index (χ4v) is 2.80. The molecule has 2 heterocycles. The molecule has 0 saturated carbocycles. The predicted octanol–water partition coefficient (Wildman–Crippen LogP) is 4.72. The second-order valence-corrected chi connectivity index (χ2v) is 6.05. The molecular formula is C16H13BrClN3. The number of halogens is 2. The minimum Gasteiger partial charge on any atom is -0.314 e. The Kier molecular flexibility index (Phi) is 4.08. The van der Waals surface area contributed by atoms with Crippen LogP contribution in [0.5, 0.6) is 0 Å². The van der Waals surface area contributed by atoms with Gasteiger partial charge in [-0.05, 0) is 46.6 Å². The fraction of sp³-hybridized carbons (Fsp3) is 0.125. The lowest BCUT2D eigenvalue weighted by molar-refractivity contribution is 0.788. The number of rotatable bonds is 3. The Hall–Kier alpha value is -1.65. The van der Waals surface area contributed by atoms with Gasteiger partial charge in [0.1, 0.15) is 10.4 Å². The molecule has 0 N–H and O–H groups in total. The van der Waals surface area contributed by atoms with Crippen molar-refractivity contribution in [3.63, 3.8) is 0 Å². The summed E-state index contributed by atoms with van der Waals surface area (Å²) < 4.78 is 3.00. The third-order valence-corrected chi connectivity index (χ3v) is 4.26. The van der Waals surface area contributed by atoms with E-state index in [0.29, 0.717) is 6.54 Å². The van der Waals surface area contributed by atoms with Crippen LogP contribution in [-0.4, -0.2) is 14.5 Å². The molecule has 3 nitrogen and oxygen atoms in total. The fourth-order valence-electron chi connectivity index (χ4n) is 2.23. The molecule has 5 heteroatoms. The maximum Gasteiger partial charge on any atom is 0.142 e. The Labute approximate surface area is 136 Å². The van der Waals surface area contributed by atoms with Crippen LogP contribution in [-0.2, 0) is 6.54 Å². The molecule has 0 aliphatic carbocycles. The number of hydrogen-bond acceptors (Lipinski definition) is 2. The minimum atomic E-state index is 0.658. The highest BCUT2D eigenvalue weighted by Gasteiger charge is 2.12. The van der Waals surface area contributed by atoms with Gasteiger partial charge in [-0.3, -0.25) is 4.98 Å². The summed E-state index contributed by atoms with van der Waals surface area (Å²) in [6.45, 7) is 2.72. The molecule has 0 radical (unpaired) electrons. The van der Waals surface area contributed by atoms with Crippen LogP contribution in [0.25, 0.3) is 11.4 Å². The van der Waals surface area contributed by atoms with E-state index in [1.165, 1.54) is 5.56 Å². The summed E-state index contributed by atoms with van der Waals surface area (Å²) >= 11 is 9.85. The number of imidazole rings is 1. The smallest absolute Gasteiger partial charge is 0.142 e. The van der Waals surface area contributed by atoms with Crippen LogP contribution in [0.1, 0.15) is 11.1 Å². The second-order valence-electron chi connectivity index (χ2n) is 4.83. The number of hydrogen-bond donors (Lipinski definition) is 0. The van der Waals surface area contributed by atoms with Crippen molar-refractivity contribution in [3.8, 4) is 11.4 Å². The van der Waals surface area contributed by atoms with Gasteiger partial charge in [0.25, 0.3) is 0 Å². The first-order valence-electron chi connectivity index (χ1n) is 6.51. The molecule has 0 unspecified atom stereocenters. The molecule has 0 atom stereocenters. The van der Waals surface area contributed by atoms with Crippen LogP contribution in [0.3, 0.4) is 0 Å². The van der Waals surface area contributed by atoms with Crippen molar-refractivity contribution in [2.45, 2.75) is 13.5 Å². The maximum atomic E-state index is 6.30.